The van der Waals surface area contributed by atoms with Crippen molar-refractivity contribution < 1.29 is 9.53 Å². The molecule has 1 heterocycles. The number of aryl methyl sites for hydroxylation is 1. The van der Waals surface area contributed by atoms with E-state index in [1.165, 1.54) is 5.56 Å². The molecule has 3 aromatic rings. The molecule has 1 amide bonds. The van der Waals surface area contributed by atoms with E-state index in [4.69, 9.17) is 16.2 Å². The Morgan fingerprint density at radius 1 is 1.00 bits per heavy atom. The minimum absolute atomic E-state index is 0.0772. The molecule has 0 radical (unpaired) electrons. The Hall–Kier alpha value is -3.18. The van der Waals surface area contributed by atoms with Crippen LogP contribution in [0.1, 0.15) is 33.9 Å². The zero-order chi connectivity index (χ0) is 18.4. The van der Waals surface area contributed by atoms with Crippen LogP contribution in [0.5, 0.6) is 11.6 Å². The van der Waals surface area contributed by atoms with Crippen LogP contribution < -0.4 is 16.2 Å². The van der Waals surface area contributed by atoms with Crippen molar-refractivity contribution in [2.45, 2.75) is 18.9 Å². The fourth-order valence-electron chi connectivity index (χ4n) is 2.61. The number of pyridine rings is 1. The van der Waals surface area contributed by atoms with Crippen LogP contribution >= 0.6 is 0 Å². The van der Waals surface area contributed by atoms with Crippen LogP contribution in [0.25, 0.3) is 0 Å². The molecule has 0 saturated carbocycles. The van der Waals surface area contributed by atoms with Gasteiger partial charge >= 0.3 is 0 Å². The number of primary amides is 1. The summed E-state index contributed by atoms with van der Waals surface area (Å²) in [6.45, 7) is 0. The number of carbonyl (C=O) groups is 1. The van der Waals surface area contributed by atoms with Gasteiger partial charge in [0.25, 0.3) is 0 Å². The molecule has 1 unspecified atom stereocenters. The molecule has 0 aliphatic rings. The molecule has 132 valence electrons. The van der Waals surface area contributed by atoms with Crippen LogP contribution in [-0.4, -0.2) is 10.9 Å². The first kappa shape index (κ1) is 17.6. The molecule has 0 aliphatic carbocycles. The van der Waals surface area contributed by atoms with Gasteiger partial charge in [0.15, 0.2) is 0 Å². The number of aromatic nitrogens is 1. The third-order valence-electron chi connectivity index (χ3n) is 4.14. The lowest BCUT2D eigenvalue weighted by Gasteiger charge is -2.12. The van der Waals surface area contributed by atoms with Gasteiger partial charge in [-0.05, 0) is 48.2 Å². The first-order chi connectivity index (χ1) is 12.6. The minimum Gasteiger partial charge on any atom is -0.439 e. The smallest absolute Gasteiger partial charge is 0.248 e. The molecule has 1 atom stereocenters. The summed E-state index contributed by atoms with van der Waals surface area (Å²) in [4.78, 5) is 15.4. The van der Waals surface area contributed by atoms with Gasteiger partial charge in [-0.1, -0.05) is 36.4 Å². The van der Waals surface area contributed by atoms with E-state index in [2.05, 4.69) is 17.1 Å². The van der Waals surface area contributed by atoms with Crippen LogP contribution in [0, 0.1) is 0 Å². The van der Waals surface area contributed by atoms with Crippen molar-refractivity contribution in [2.24, 2.45) is 11.5 Å². The second-order valence-corrected chi connectivity index (χ2v) is 6.05. The molecule has 0 fully saturated rings. The molecule has 5 nitrogen and oxygen atoms in total. The molecule has 3 rings (SSSR count). The highest BCUT2D eigenvalue weighted by Crippen LogP contribution is 2.22. The van der Waals surface area contributed by atoms with E-state index in [1.54, 1.807) is 36.5 Å². The predicted molar refractivity (Wildman–Crippen MR) is 101 cm³/mol. The Bertz CT molecular complexity index is 847. The highest BCUT2D eigenvalue weighted by atomic mass is 16.5. The van der Waals surface area contributed by atoms with Crippen molar-refractivity contribution in [3.05, 3.63) is 89.6 Å². The first-order valence-electron chi connectivity index (χ1n) is 8.45. The Balaban J connectivity index is 1.58. The maximum atomic E-state index is 11.1. The normalized spacial score (nSPS) is 11.7. The standard InChI is InChI=1S/C21H21N3O2/c22-19(12-6-15-4-2-1-3-5-15)17-9-13-20(24-14-17)26-18-10-7-16(8-11-18)21(23)25/h1-5,7-11,13-14,19H,6,12,22H2,(H2,23,25). The Labute approximate surface area is 152 Å². The van der Waals surface area contributed by atoms with Crippen LogP contribution in [0.3, 0.4) is 0 Å². The summed E-state index contributed by atoms with van der Waals surface area (Å²) in [5, 5.41) is 0. The number of nitrogens with two attached hydrogens (primary N) is 2. The SMILES string of the molecule is NC(=O)c1ccc(Oc2ccc(C(N)CCc3ccccc3)cn2)cc1. The molecule has 0 aliphatic heterocycles. The van der Waals surface area contributed by atoms with Gasteiger partial charge in [0, 0.05) is 23.9 Å². The van der Waals surface area contributed by atoms with E-state index in [0.29, 0.717) is 17.2 Å². The average Bonchev–Trinajstić information content (AvgIpc) is 2.68. The lowest BCUT2D eigenvalue weighted by molar-refractivity contribution is 0.100. The van der Waals surface area contributed by atoms with Crippen LogP contribution in [0.15, 0.2) is 72.9 Å². The molecule has 4 N–H and O–H groups in total. The number of hydrogen-bond donors (Lipinski definition) is 2. The average molecular weight is 347 g/mol. The van der Waals surface area contributed by atoms with Gasteiger partial charge in [-0.15, -0.1) is 0 Å². The van der Waals surface area contributed by atoms with Crippen LogP contribution in [-0.2, 0) is 6.42 Å². The van der Waals surface area contributed by atoms with Crippen molar-refractivity contribution in [3.8, 4) is 11.6 Å². The molecule has 26 heavy (non-hydrogen) atoms. The van der Waals surface area contributed by atoms with Crippen molar-refractivity contribution in [2.75, 3.05) is 0 Å². The van der Waals surface area contributed by atoms with Crippen molar-refractivity contribution >= 4 is 5.91 Å². The summed E-state index contributed by atoms with van der Waals surface area (Å²) in [5.74, 6) is 0.586. The third-order valence-corrected chi connectivity index (χ3v) is 4.14. The molecule has 5 heteroatoms. The Morgan fingerprint density at radius 3 is 2.35 bits per heavy atom. The van der Waals surface area contributed by atoms with Gasteiger partial charge in [-0.2, -0.15) is 0 Å². The molecule has 0 spiro atoms. The summed E-state index contributed by atoms with van der Waals surface area (Å²) >= 11 is 0. The summed E-state index contributed by atoms with van der Waals surface area (Å²) in [6.07, 6.45) is 3.51. The van der Waals surface area contributed by atoms with E-state index in [1.807, 2.05) is 24.3 Å². The van der Waals surface area contributed by atoms with E-state index in [0.717, 1.165) is 18.4 Å². The number of carbonyl (C=O) groups excluding carboxylic acids is 1. The molecule has 0 saturated heterocycles. The van der Waals surface area contributed by atoms with Gasteiger partial charge in [0.05, 0.1) is 0 Å². The maximum absolute atomic E-state index is 11.1. The molecular weight excluding hydrogens is 326 g/mol. The topological polar surface area (TPSA) is 91.2 Å². The number of rotatable bonds is 7. The van der Waals surface area contributed by atoms with E-state index in [-0.39, 0.29) is 6.04 Å². The van der Waals surface area contributed by atoms with Gasteiger partial charge < -0.3 is 16.2 Å². The number of nitrogens with zero attached hydrogens (tertiary/aromatic N) is 1. The molecule has 0 bridgehead atoms. The zero-order valence-corrected chi connectivity index (χ0v) is 14.3. The first-order valence-corrected chi connectivity index (χ1v) is 8.45. The van der Waals surface area contributed by atoms with E-state index < -0.39 is 5.91 Å². The fraction of sp³-hybridized carbons (Fsp3) is 0.143. The second kappa shape index (κ2) is 8.27. The monoisotopic (exact) mass is 347 g/mol. The second-order valence-electron chi connectivity index (χ2n) is 6.05. The van der Waals surface area contributed by atoms with Crippen molar-refractivity contribution in [1.82, 2.24) is 4.98 Å². The molecule has 2 aromatic carbocycles. The van der Waals surface area contributed by atoms with Gasteiger partial charge in [-0.3, -0.25) is 4.79 Å². The summed E-state index contributed by atoms with van der Waals surface area (Å²) < 4.78 is 5.67. The maximum Gasteiger partial charge on any atom is 0.248 e. The van der Waals surface area contributed by atoms with Gasteiger partial charge in [0.1, 0.15) is 5.75 Å². The summed E-state index contributed by atoms with van der Waals surface area (Å²) in [5.41, 5.74) is 14.2. The highest BCUT2D eigenvalue weighted by molar-refractivity contribution is 5.92. The lowest BCUT2D eigenvalue weighted by atomic mass is 10.0. The highest BCUT2D eigenvalue weighted by Gasteiger charge is 2.08. The Morgan fingerprint density at radius 2 is 1.73 bits per heavy atom. The zero-order valence-electron chi connectivity index (χ0n) is 14.3. The number of benzene rings is 2. The third kappa shape index (κ3) is 4.68. The number of hydrogen-bond acceptors (Lipinski definition) is 4. The van der Waals surface area contributed by atoms with Crippen LogP contribution in [0.2, 0.25) is 0 Å². The molecule has 1 aromatic heterocycles. The fourth-order valence-corrected chi connectivity index (χ4v) is 2.61. The Kier molecular flexibility index (Phi) is 5.61. The largest absolute Gasteiger partial charge is 0.439 e. The molecular formula is C21H21N3O2. The van der Waals surface area contributed by atoms with Gasteiger partial charge in [-0.25, -0.2) is 4.98 Å². The quantitative estimate of drug-likeness (QED) is 0.683. The minimum atomic E-state index is -0.469. The number of ether oxygens (including phenoxy) is 1. The summed E-state index contributed by atoms with van der Waals surface area (Å²) in [6, 6.07) is 20.5. The van der Waals surface area contributed by atoms with Crippen LogP contribution in [0.4, 0.5) is 0 Å². The van der Waals surface area contributed by atoms with Gasteiger partial charge in [0.2, 0.25) is 11.8 Å². The predicted octanol–water partition coefficient (Wildman–Crippen LogP) is 3.61. The summed E-state index contributed by atoms with van der Waals surface area (Å²) in [7, 11) is 0. The van der Waals surface area contributed by atoms with E-state index >= 15 is 0 Å². The number of amides is 1. The van der Waals surface area contributed by atoms with Crippen molar-refractivity contribution in [3.63, 3.8) is 0 Å². The van der Waals surface area contributed by atoms with Crippen molar-refractivity contribution in [1.29, 1.82) is 0 Å². The van der Waals surface area contributed by atoms with E-state index in [9.17, 15) is 4.79 Å². The lowest BCUT2D eigenvalue weighted by Crippen LogP contribution is -2.11.